The maximum atomic E-state index is 11.3. The van der Waals surface area contributed by atoms with Gasteiger partial charge in [0.2, 0.25) is 0 Å². The summed E-state index contributed by atoms with van der Waals surface area (Å²) in [5.74, 6) is -0.868. The Morgan fingerprint density at radius 1 is 1.29 bits per heavy atom. The summed E-state index contributed by atoms with van der Waals surface area (Å²) in [5, 5.41) is 9.20. The van der Waals surface area contributed by atoms with Crippen LogP contribution in [0.3, 0.4) is 0 Å². The Kier molecular flexibility index (Phi) is 3.10. The van der Waals surface area contributed by atoms with E-state index in [1.165, 1.54) is 6.92 Å². The first-order valence-corrected chi connectivity index (χ1v) is 5.71. The number of ketones is 1. The zero-order chi connectivity index (χ0) is 12.4. The van der Waals surface area contributed by atoms with Gasteiger partial charge >= 0.3 is 0 Å². The molecule has 0 aromatic heterocycles. The van der Waals surface area contributed by atoms with Gasteiger partial charge in [0.1, 0.15) is 5.04 Å². The first-order chi connectivity index (χ1) is 8.09. The zero-order valence-corrected chi connectivity index (χ0v) is 9.82. The highest BCUT2D eigenvalue weighted by Crippen LogP contribution is 2.30. The monoisotopic (exact) mass is 247 g/mol. The van der Waals surface area contributed by atoms with Crippen LogP contribution >= 0.6 is 11.8 Å². The van der Waals surface area contributed by atoms with Crippen molar-refractivity contribution in [3.63, 3.8) is 0 Å². The Morgan fingerprint density at radius 3 is 2.53 bits per heavy atom. The van der Waals surface area contributed by atoms with Gasteiger partial charge in [-0.25, -0.2) is 4.99 Å². The van der Waals surface area contributed by atoms with Crippen molar-refractivity contribution >= 4 is 33.4 Å². The molecule has 0 saturated carbocycles. The second-order valence-corrected chi connectivity index (χ2v) is 4.38. The number of rotatable bonds is 2. The Hall–Kier alpha value is -1.88. The third kappa shape index (κ3) is 2.29. The number of para-hydroxylation sites is 1. The van der Waals surface area contributed by atoms with Crippen LogP contribution in [0.4, 0.5) is 5.69 Å². The fourth-order valence-corrected chi connectivity index (χ4v) is 2.27. The molecule has 2 rings (SSSR count). The quantitative estimate of drug-likeness (QED) is 0.871. The second kappa shape index (κ2) is 4.55. The summed E-state index contributed by atoms with van der Waals surface area (Å²) >= 11 is 0.771. The van der Waals surface area contributed by atoms with Crippen molar-refractivity contribution in [2.24, 2.45) is 4.99 Å². The minimum absolute atomic E-state index is 0.00357. The van der Waals surface area contributed by atoms with Crippen LogP contribution in [0.25, 0.3) is 0 Å². The van der Waals surface area contributed by atoms with Crippen molar-refractivity contribution in [3.8, 4) is 0 Å². The van der Waals surface area contributed by atoms with E-state index in [2.05, 4.69) is 4.99 Å². The highest BCUT2D eigenvalue weighted by molar-refractivity contribution is 8.27. The number of aliphatic imine (C=N–C) groups is 1. The molecule has 17 heavy (non-hydrogen) atoms. The number of carbonyl (C=O) groups excluding carboxylic acids is 2. The molecule has 1 heterocycles. The van der Waals surface area contributed by atoms with Crippen molar-refractivity contribution in [3.05, 3.63) is 41.7 Å². The first-order valence-electron chi connectivity index (χ1n) is 4.90. The summed E-state index contributed by atoms with van der Waals surface area (Å²) in [6.45, 7) is 1.30. The molecule has 0 radical (unpaired) electrons. The predicted molar refractivity (Wildman–Crippen MR) is 66.5 cm³/mol. The van der Waals surface area contributed by atoms with Crippen LogP contribution in [0.2, 0.25) is 0 Å². The molecule has 4 nitrogen and oxygen atoms in total. The van der Waals surface area contributed by atoms with E-state index in [-0.39, 0.29) is 16.4 Å². The average Bonchev–Trinajstić information content (AvgIpc) is 2.56. The van der Waals surface area contributed by atoms with Crippen LogP contribution < -0.4 is 0 Å². The number of thioether (sulfide) groups is 1. The van der Waals surface area contributed by atoms with Crippen molar-refractivity contribution in [2.75, 3.05) is 0 Å². The van der Waals surface area contributed by atoms with Crippen LogP contribution in [0.1, 0.15) is 6.92 Å². The molecule has 1 aliphatic rings. The fraction of sp³-hybridized carbons (Fsp3) is 0.0833. The molecule has 0 amide bonds. The summed E-state index contributed by atoms with van der Waals surface area (Å²) in [5.41, 5.74) is 0.639. The van der Waals surface area contributed by atoms with Crippen molar-refractivity contribution < 1.29 is 14.7 Å². The lowest BCUT2D eigenvalue weighted by Crippen LogP contribution is -2.04. The van der Waals surface area contributed by atoms with Gasteiger partial charge in [0, 0.05) is 0 Å². The van der Waals surface area contributed by atoms with E-state index >= 15 is 0 Å². The van der Waals surface area contributed by atoms with Gasteiger partial charge in [-0.15, -0.1) is 0 Å². The summed E-state index contributed by atoms with van der Waals surface area (Å²) in [6, 6.07) is 8.96. The van der Waals surface area contributed by atoms with Gasteiger partial charge in [-0.3, -0.25) is 9.59 Å². The van der Waals surface area contributed by atoms with E-state index in [0.29, 0.717) is 5.69 Å². The lowest BCUT2D eigenvalue weighted by atomic mass is 10.2. The van der Waals surface area contributed by atoms with Crippen LogP contribution in [-0.2, 0) is 9.59 Å². The minimum Gasteiger partial charge on any atom is -0.503 e. The number of Topliss-reactive ketones (excluding diaryl/α,β-unsaturated/α-hetero) is 1. The number of carbonyl (C=O) groups is 2. The van der Waals surface area contributed by atoms with E-state index in [1.807, 2.05) is 6.07 Å². The molecule has 0 bridgehead atoms. The number of aliphatic hydroxyl groups excluding tert-OH is 1. The second-order valence-electron chi connectivity index (χ2n) is 3.42. The molecular weight excluding hydrogens is 238 g/mol. The van der Waals surface area contributed by atoms with Gasteiger partial charge in [-0.1, -0.05) is 18.2 Å². The third-order valence-electron chi connectivity index (χ3n) is 2.17. The van der Waals surface area contributed by atoms with Gasteiger partial charge in [0.25, 0.3) is 5.12 Å². The molecule has 86 valence electrons. The van der Waals surface area contributed by atoms with Crippen LogP contribution in [0.5, 0.6) is 0 Å². The van der Waals surface area contributed by atoms with E-state index in [0.717, 1.165) is 11.8 Å². The number of hydrogen-bond donors (Lipinski definition) is 1. The molecule has 0 saturated heterocycles. The van der Waals surface area contributed by atoms with E-state index in [9.17, 15) is 14.7 Å². The molecule has 1 aromatic rings. The van der Waals surface area contributed by atoms with E-state index < -0.39 is 10.9 Å². The Morgan fingerprint density at radius 2 is 1.94 bits per heavy atom. The number of benzene rings is 1. The number of nitrogens with zero attached hydrogens (tertiary/aromatic N) is 1. The summed E-state index contributed by atoms with van der Waals surface area (Å²) in [7, 11) is 0. The summed E-state index contributed by atoms with van der Waals surface area (Å²) < 4.78 is 0. The molecular formula is C12H9NO3S. The maximum Gasteiger partial charge on any atom is 0.260 e. The molecule has 1 aliphatic heterocycles. The van der Waals surface area contributed by atoms with Gasteiger partial charge < -0.3 is 5.11 Å². The van der Waals surface area contributed by atoms with Gasteiger partial charge in [-0.05, 0) is 30.8 Å². The minimum atomic E-state index is -0.537. The predicted octanol–water partition coefficient (Wildman–Crippen LogP) is 2.39. The number of aliphatic hydroxyl groups is 1. The molecule has 0 aliphatic carbocycles. The highest BCUT2D eigenvalue weighted by atomic mass is 32.2. The molecule has 0 fully saturated rings. The standard InChI is InChI=1S/C12H9NO3S/c1-7(14)9-10(15)12(16)17-11(9)13-8-5-3-2-4-6-8/h2-6,15H,1H3. The molecule has 0 spiro atoms. The highest BCUT2D eigenvalue weighted by Gasteiger charge is 2.32. The van der Waals surface area contributed by atoms with E-state index in [4.69, 9.17) is 0 Å². The first kappa shape index (κ1) is 11.6. The molecule has 1 N–H and O–H groups in total. The van der Waals surface area contributed by atoms with Crippen molar-refractivity contribution in [2.45, 2.75) is 6.92 Å². The average molecular weight is 247 g/mol. The maximum absolute atomic E-state index is 11.3. The largest absolute Gasteiger partial charge is 0.503 e. The SMILES string of the molecule is CC(=O)C1=C(O)C(=O)SC1=Nc1ccccc1. The Balaban J connectivity index is 2.45. The fourth-order valence-electron chi connectivity index (χ4n) is 1.41. The molecule has 0 unspecified atom stereocenters. The number of hydrogen-bond acceptors (Lipinski definition) is 5. The van der Waals surface area contributed by atoms with Crippen LogP contribution in [0.15, 0.2) is 46.7 Å². The van der Waals surface area contributed by atoms with Crippen LogP contribution in [0, 0.1) is 0 Å². The van der Waals surface area contributed by atoms with Crippen molar-refractivity contribution in [1.29, 1.82) is 0 Å². The third-order valence-corrected chi connectivity index (χ3v) is 3.04. The zero-order valence-electron chi connectivity index (χ0n) is 9.01. The summed E-state index contributed by atoms with van der Waals surface area (Å²) in [6.07, 6.45) is 0. The topological polar surface area (TPSA) is 66.7 Å². The lowest BCUT2D eigenvalue weighted by Gasteiger charge is -1.98. The molecule has 5 heteroatoms. The van der Waals surface area contributed by atoms with Gasteiger partial charge in [-0.2, -0.15) is 0 Å². The van der Waals surface area contributed by atoms with Crippen LogP contribution in [-0.4, -0.2) is 21.0 Å². The molecule has 0 atom stereocenters. The summed E-state index contributed by atoms with van der Waals surface area (Å²) in [4.78, 5) is 26.8. The Bertz CT molecular complexity index is 546. The smallest absolute Gasteiger partial charge is 0.260 e. The normalized spacial score (nSPS) is 17.9. The Labute approximate surface area is 102 Å². The molecule has 1 aromatic carbocycles. The van der Waals surface area contributed by atoms with Gasteiger partial charge in [0.15, 0.2) is 11.5 Å². The van der Waals surface area contributed by atoms with Gasteiger partial charge in [0.05, 0.1) is 11.3 Å². The van der Waals surface area contributed by atoms with E-state index in [1.54, 1.807) is 24.3 Å². The van der Waals surface area contributed by atoms with Crippen molar-refractivity contribution in [1.82, 2.24) is 0 Å². The lowest BCUT2D eigenvalue weighted by molar-refractivity contribution is -0.114.